The number of anilines is 1. The molecule has 3 aromatic rings. The molecule has 1 aromatic carbocycles. The van der Waals surface area contributed by atoms with E-state index in [9.17, 15) is 4.79 Å². The van der Waals surface area contributed by atoms with E-state index in [0.29, 0.717) is 22.4 Å². The molecule has 0 saturated carbocycles. The van der Waals surface area contributed by atoms with Gasteiger partial charge in [-0.3, -0.25) is 9.78 Å². The minimum absolute atomic E-state index is 0.138. The number of ether oxygens (including phenoxy) is 1. The highest BCUT2D eigenvalue weighted by Gasteiger charge is 2.14. The molecule has 0 aliphatic rings. The number of nitrogens with two attached hydrogens (primary N) is 1. The summed E-state index contributed by atoms with van der Waals surface area (Å²) in [6.45, 7) is 1.95. The normalized spacial score (nSPS) is 10.5. The number of aryl methyl sites for hydroxylation is 1. The van der Waals surface area contributed by atoms with Crippen molar-refractivity contribution in [3.05, 3.63) is 48.3 Å². The highest BCUT2D eigenvalue weighted by Crippen LogP contribution is 2.26. The van der Waals surface area contributed by atoms with Crippen molar-refractivity contribution < 1.29 is 9.53 Å². The Balaban J connectivity index is 1.66. The lowest BCUT2D eigenvalue weighted by Crippen LogP contribution is -2.17. The zero-order valence-corrected chi connectivity index (χ0v) is 15.2. The number of rotatable bonds is 6. The third-order valence-electron chi connectivity index (χ3n) is 3.55. The number of amides is 1. The van der Waals surface area contributed by atoms with Gasteiger partial charge < -0.3 is 15.9 Å². The molecule has 0 aliphatic carbocycles. The average molecular weight is 370 g/mol. The molecule has 9 heteroatoms. The summed E-state index contributed by atoms with van der Waals surface area (Å²) in [5, 5.41) is 11.4. The average Bonchev–Trinajstić information content (AvgIpc) is 3.01. The quantitative estimate of drug-likeness (QED) is 0.505. The highest BCUT2D eigenvalue weighted by molar-refractivity contribution is 7.99. The third kappa shape index (κ3) is 3.94. The van der Waals surface area contributed by atoms with Crippen LogP contribution in [0.2, 0.25) is 0 Å². The van der Waals surface area contributed by atoms with Crippen molar-refractivity contribution in [2.75, 3.05) is 24.0 Å². The Kier molecular flexibility index (Phi) is 5.37. The smallest absolute Gasteiger partial charge is 0.234 e. The van der Waals surface area contributed by atoms with Gasteiger partial charge in [-0.2, -0.15) is 0 Å². The van der Waals surface area contributed by atoms with Gasteiger partial charge >= 0.3 is 0 Å². The van der Waals surface area contributed by atoms with E-state index in [4.69, 9.17) is 10.6 Å². The van der Waals surface area contributed by atoms with Gasteiger partial charge in [0.15, 0.2) is 5.82 Å². The van der Waals surface area contributed by atoms with E-state index in [1.54, 1.807) is 25.6 Å². The van der Waals surface area contributed by atoms with Gasteiger partial charge in [-0.05, 0) is 36.8 Å². The Morgan fingerprint density at radius 2 is 2.19 bits per heavy atom. The lowest BCUT2D eigenvalue weighted by Gasteiger charge is -2.10. The number of nitrogens with one attached hydrogen (secondary N) is 1. The summed E-state index contributed by atoms with van der Waals surface area (Å²) < 4.78 is 6.61. The summed E-state index contributed by atoms with van der Waals surface area (Å²) >= 11 is 1.20. The van der Waals surface area contributed by atoms with Crippen LogP contribution in [0.25, 0.3) is 11.4 Å². The molecule has 0 fully saturated rings. The van der Waals surface area contributed by atoms with Gasteiger partial charge in [0, 0.05) is 18.0 Å². The maximum Gasteiger partial charge on any atom is 0.234 e. The molecule has 0 atom stereocenters. The molecule has 2 heterocycles. The van der Waals surface area contributed by atoms with Crippen LogP contribution < -0.4 is 15.9 Å². The van der Waals surface area contributed by atoms with E-state index < -0.39 is 0 Å². The number of thioether (sulfide) groups is 1. The van der Waals surface area contributed by atoms with Crippen LogP contribution in [0.15, 0.2) is 47.9 Å². The number of hydrogen-bond acceptors (Lipinski definition) is 7. The predicted molar refractivity (Wildman–Crippen MR) is 100 cm³/mol. The largest absolute Gasteiger partial charge is 0.495 e. The third-order valence-corrected chi connectivity index (χ3v) is 4.49. The zero-order valence-electron chi connectivity index (χ0n) is 14.3. The van der Waals surface area contributed by atoms with Crippen LogP contribution in [0, 0.1) is 6.92 Å². The number of carbonyl (C=O) groups excluding carboxylic acids is 1. The van der Waals surface area contributed by atoms with Crippen molar-refractivity contribution in [1.29, 1.82) is 0 Å². The Morgan fingerprint density at radius 1 is 1.35 bits per heavy atom. The highest BCUT2D eigenvalue weighted by atomic mass is 32.2. The summed E-state index contributed by atoms with van der Waals surface area (Å²) in [4.78, 5) is 16.3. The SMILES string of the molecule is COc1ccc(C)cc1NC(=O)CSc1nnc(-c2cccnc2)n1N. The molecule has 1 amide bonds. The van der Waals surface area contributed by atoms with E-state index in [0.717, 1.165) is 11.1 Å². The number of aromatic nitrogens is 4. The molecule has 134 valence electrons. The van der Waals surface area contributed by atoms with Crippen LogP contribution in [0.5, 0.6) is 5.75 Å². The minimum Gasteiger partial charge on any atom is -0.495 e. The fourth-order valence-corrected chi connectivity index (χ4v) is 2.96. The van der Waals surface area contributed by atoms with Gasteiger partial charge in [-0.1, -0.05) is 17.8 Å². The molecule has 26 heavy (non-hydrogen) atoms. The molecule has 3 N–H and O–H groups in total. The van der Waals surface area contributed by atoms with Gasteiger partial charge in [0.25, 0.3) is 0 Å². The Hall–Kier alpha value is -3.07. The van der Waals surface area contributed by atoms with Crippen molar-refractivity contribution in [3.63, 3.8) is 0 Å². The van der Waals surface area contributed by atoms with E-state index in [1.807, 2.05) is 31.2 Å². The first-order valence-electron chi connectivity index (χ1n) is 7.76. The molecule has 0 spiro atoms. The fraction of sp³-hybridized carbons (Fsp3) is 0.176. The first kappa shape index (κ1) is 17.7. The van der Waals surface area contributed by atoms with Crippen molar-refractivity contribution in [3.8, 4) is 17.1 Å². The number of carbonyl (C=O) groups is 1. The van der Waals surface area contributed by atoms with Gasteiger partial charge in [0.05, 0.1) is 18.6 Å². The summed E-state index contributed by atoms with van der Waals surface area (Å²) in [6, 6.07) is 9.22. The molecular weight excluding hydrogens is 352 g/mol. The second kappa shape index (κ2) is 7.87. The Morgan fingerprint density at radius 3 is 2.92 bits per heavy atom. The van der Waals surface area contributed by atoms with Crippen molar-refractivity contribution >= 4 is 23.4 Å². The molecule has 0 radical (unpaired) electrons. The maximum absolute atomic E-state index is 12.3. The molecule has 0 bridgehead atoms. The monoisotopic (exact) mass is 370 g/mol. The van der Waals surface area contributed by atoms with Crippen molar-refractivity contribution in [1.82, 2.24) is 19.9 Å². The van der Waals surface area contributed by atoms with E-state index in [2.05, 4.69) is 20.5 Å². The van der Waals surface area contributed by atoms with Crippen LogP contribution in [-0.4, -0.2) is 38.6 Å². The molecule has 3 rings (SSSR count). The summed E-state index contributed by atoms with van der Waals surface area (Å²) in [5.41, 5.74) is 2.41. The summed E-state index contributed by atoms with van der Waals surface area (Å²) in [5.74, 6) is 7.07. The maximum atomic E-state index is 12.3. The fourth-order valence-electron chi connectivity index (χ4n) is 2.30. The number of benzene rings is 1. The zero-order chi connectivity index (χ0) is 18.5. The van der Waals surface area contributed by atoms with Crippen LogP contribution in [0.3, 0.4) is 0 Å². The number of nitrogens with zero attached hydrogens (tertiary/aromatic N) is 4. The first-order valence-corrected chi connectivity index (χ1v) is 8.75. The molecule has 2 aromatic heterocycles. The van der Waals surface area contributed by atoms with Gasteiger partial charge in [0.1, 0.15) is 5.75 Å². The second-order valence-electron chi connectivity index (χ2n) is 5.46. The molecule has 0 saturated heterocycles. The van der Waals surface area contributed by atoms with E-state index in [-0.39, 0.29) is 11.7 Å². The van der Waals surface area contributed by atoms with E-state index in [1.165, 1.54) is 16.4 Å². The van der Waals surface area contributed by atoms with Crippen LogP contribution in [0.4, 0.5) is 5.69 Å². The molecule has 0 unspecified atom stereocenters. The van der Waals surface area contributed by atoms with Crippen LogP contribution in [-0.2, 0) is 4.79 Å². The van der Waals surface area contributed by atoms with Gasteiger partial charge in [0.2, 0.25) is 11.1 Å². The molecular formula is C17H18N6O2S. The molecule has 8 nitrogen and oxygen atoms in total. The second-order valence-corrected chi connectivity index (χ2v) is 6.40. The summed E-state index contributed by atoms with van der Waals surface area (Å²) in [6.07, 6.45) is 3.32. The van der Waals surface area contributed by atoms with Crippen LogP contribution in [0.1, 0.15) is 5.56 Å². The summed E-state index contributed by atoms with van der Waals surface area (Å²) in [7, 11) is 1.56. The number of nitrogen functional groups attached to an aromatic ring is 1. The Bertz CT molecular complexity index is 913. The molecule has 0 aliphatic heterocycles. The lowest BCUT2D eigenvalue weighted by molar-refractivity contribution is -0.113. The van der Waals surface area contributed by atoms with Crippen molar-refractivity contribution in [2.45, 2.75) is 12.1 Å². The lowest BCUT2D eigenvalue weighted by atomic mass is 10.2. The standard InChI is InChI=1S/C17H18N6O2S/c1-11-5-6-14(25-2)13(8-11)20-15(24)10-26-17-22-21-16(23(17)18)12-4-3-7-19-9-12/h3-9H,10,18H2,1-2H3,(H,20,24). The van der Waals surface area contributed by atoms with E-state index >= 15 is 0 Å². The van der Waals surface area contributed by atoms with Gasteiger partial charge in [-0.25, -0.2) is 4.68 Å². The Labute approximate surface area is 154 Å². The van der Waals surface area contributed by atoms with Crippen molar-refractivity contribution in [2.24, 2.45) is 0 Å². The predicted octanol–water partition coefficient (Wildman–Crippen LogP) is 2.10. The number of methoxy groups -OCH3 is 1. The van der Waals surface area contributed by atoms with Crippen LogP contribution >= 0.6 is 11.8 Å². The first-order chi connectivity index (χ1) is 12.6. The van der Waals surface area contributed by atoms with Gasteiger partial charge in [-0.15, -0.1) is 10.2 Å². The number of pyridine rings is 1. The number of hydrogen-bond donors (Lipinski definition) is 2. The topological polar surface area (TPSA) is 108 Å². The minimum atomic E-state index is -0.190.